The summed E-state index contributed by atoms with van der Waals surface area (Å²) in [5, 5.41) is 0. The van der Waals surface area contributed by atoms with E-state index >= 15 is 0 Å². The van der Waals surface area contributed by atoms with Crippen LogP contribution in [0.15, 0.2) is 36.5 Å². The summed E-state index contributed by atoms with van der Waals surface area (Å²) in [5.41, 5.74) is 6.17. The molecule has 3 rings (SSSR count). The Bertz CT molecular complexity index is 890. The van der Waals surface area contributed by atoms with Crippen molar-refractivity contribution in [2.45, 2.75) is 12.6 Å². The van der Waals surface area contributed by atoms with E-state index in [2.05, 4.69) is 9.97 Å². The third-order valence-electron chi connectivity index (χ3n) is 4.36. The second kappa shape index (κ2) is 7.83. The fraction of sp³-hybridized carbons (Fsp3) is 0.333. The number of carbonyl (C=O) groups excluding carboxylic acids is 2. The number of alkyl halides is 3. The monoisotopic (exact) mass is 397 g/mol. The van der Waals surface area contributed by atoms with Gasteiger partial charge >= 0.3 is 6.18 Å². The number of hydrogen-bond acceptors (Lipinski definition) is 6. The molecule has 1 fully saturated rings. The summed E-state index contributed by atoms with van der Waals surface area (Å²) in [6.45, 7) is 0.960. The maximum atomic E-state index is 12.6. The van der Waals surface area contributed by atoms with Crippen LogP contribution in [0.5, 0.6) is 0 Å². The van der Waals surface area contributed by atoms with Gasteiger partial charge in [-0.2, -0.15) is 13.2 Å². The zero-order valence-electron chi connectivity index (χ0n) is 14.8. The zero-order chi connectivity index (χ0) is 20.3. The quantitative estimate of drug-likeness (QED) is 0.797. The Kier molecular flexibility index (Phi) is 5.48. The maximum Gasteiger partial charge on any atom is 0.397 e. The van der Waals surface area contributed by atoms with Gasteiger partial charge < -0.3 is 15.5 Å². The lowest BCUT2D eigenvalue weighted by Gasteiger charge is -2.35. The van der Waals surface area contributed by atoms with Crippen molar-refractivity contribution >= 4 is 23.3 Å². The number of nitrogens with zero attached hydrogens (tertiary/aromatic N) is 4. The Morgan fingerprint density at radius 1 is 1.11 bits per heavy atom. The number of anilines is 2. The van der Waals surface area contributed by atoms with E-state index in [-0.39, 0.29) is 38.8 Å². The first-order chi connectivity index (χ1) is 13.2. The van der Waals surface area contributed by atoms with Gasteiger partial charge in [-0.15, -0.1) is 0 Å². The summed E-state index contributed by atoms with van der Waals surface area (Å²) in [6.07, 6.45) is -4.49. The number of hydrogen-bond donors (Lipinski definition) is 1. The van der Waals surface area contributed by atoms with E-state index < -0.39 is 18.5 Å². The molecule has 0 aromatic carbocycles. The van der Waals surface area contributed by atoms with E-state index in [9.17, 15) is 22.8 Å². The van der Waals surface area contributed by atoms with Gasteiger partial charge in [0.15, 0.2) is 0 Å². The van der Waals surface area contributed by atoms with E-state index in [0.717, 1.165) is 0 Å². The number of aromatic nitrogens is 2. The fourth-order valence-corrected chi connectivity index (χ4v) is 2.94. The number of piperazine rings is 1. The van der Waals surface area contributed by atoms with Gasteiger partial charge in [0.2, 0.25) is 11.7 Å². The minimum absolute atomic E-state index is 0. The van der Waals surface area contributed by atoms with Crippen LogP contribution in [0.4, 0.5) is 24.8 Å². The fourth-order valence-electron chi connectivity index (χ4n) is 2.94. The summed E-state index contributed by atoms with van der Waals surface area (Å²) in [7, 11) is 0. The topological polar surface area (TPSA) is 92.4 Å². The Morgan fingerprint density at radius 2 is 1.82 bits per heavy atom. The molecule has 2 aromatic heterocycles. The Hall–Kier alpha value is -3.17. The van der Waals surface area contributed by atoms with E-state index in [1.54, 1.807) is 30.3 Å². The number of amides is 1. The standard InChI is InChI=1S/C18H18F3N5O2.2H2/c19-18(20,21)11-15(27)26-9-7-25(8-10-26)14-5-1-4-13(24-14)16(28)12-3-2-6-23-17(12)22;;/h1-6H,7-11H2,(H2,22,23);2*1H. The lowest BCUT2D eigenvalue weighted by atomic mass is 10.1. The van der Waals surface area contributed by atoms with Crippen LogP contribution in [0, 0.1) is 0 Å². The Morgan fingerprint density at radius 3 is 2.46 bits per heavy atom. The van der Waals surface area contributed by atoms with Crippen LogP contribution in [0.2, 0.25) is 0 Å². The maximum absolute atomic E-state index is 12.6. The molecule has 2 aromatic rings. The molecule has 28 heavy (non-hydrogen) atoms. The highest BCUT2D eigenvalue weighted by Crippen LogP contribution is 2.22. The highest BCUT2D eigenvalue weighted by atomic mass is 19.4. The molecule has 0 bridgehead atoms. The molecule has 10 heteroatoms. The second-order valence-electron chi connectivity index (χ2n) is 6.31. The molecular formula is C18H22F3N5O2. The van der Waals surface area contributed by atoms with Crippen LogP contribution in [0.1, 0.15) is 25.3 Å². The van der Waals surface area contributed by atoms with E-state index in [1.807, 2.05) is 4.90 Å². The third-order valence-corrected chi connectivity index (χ3v) is 4.36. The van der Waals surface area contributed by atoms with Crippen LogP contribution in [0.25, 0.3) is 0 Å². The van der Waals surface area contributed by atoms with Gasteiger partial charge in [0.1, 0.15) is 23.8 Å². The normalized spacial score (nSPS) is 14.8. The molecular weight excluding hydrogens is 375 g/mol. The first-order valence-electron chi connectivity index (χ1n) is 8.56. The molecule has 0 aliphatic carbocycles. The van der Waals surface area contributed by atoms with Crippen molar-refractivity contribution in [1.82, 2.24) is 14.9 Å². The highest BCUT2D eigenvalue weighted by molar-refractivity contribution is 6.10. The predicted molar refractivity (Wildman–Crippen MR) is 100 cm³/mol. The van der Waals surface area contributed by atoms with E-state index in [0.29, 0.717) is 18.9 Å². The third kappa shape index (κ3) is 4.56. The summed E-state index contributed by atoms with van der Waals surface area (Å²) >= 11 is 0. The lowest BCUT2D eigenvalue weighted by Crippen LogP contribution is -2.49. The number of halogens is 3. The van der Waals surface area contributed by atoms with Gasteiger partial charge in [-0.3, -0.25) is 9.59 Å². The predicted octanol–water partition coefficient (Wildman–Crippen LogP) is 2.38. The molecule has 0 unspecified atom stereocenters. The van der Waals surface area contributed by atoms with Gasteiger partial charge in [-0.25, -0.2) is 9.97 Å². The van der Waals surface area contributed by atoms with Crippen molar-refractivity contribution in [1.29, 1.82) is 0 Å². The highest BCUT2D eigenvalue weighted by Gasteiger charge is 2.34. The molecule has 0 radical (unpaired) electrons. The van der Waals surface area contributed by atoms with Crippen molar-refractivity contribution in [2.24, 2.45) is 0 Å². The summed E-state index contributed by atoms with van der Waals surface area (Å²) in [6, 6.07) is 8.09. The zero-order valence-corrected chi connectivity index (χ0v) is 14.8. The minimum Gasteiger partial charge on any atom is -0.383 e. The van der Waals surface area contributed by atoms with Crippen molar-refractivity contribution < 1.29 is 25.6 Å². The first-order valence-corrected chi connectivity index (χ1v) is 8.56. The van der Waals surface area contributed by atoms with Gasteiger partial charge in [-0.05, 0) is 24.3 Å². The van der Waals surface area contributed by atoms with Crippen LogP contribution in [-0.2, 0) is 4.79 Å². The first kappa shape index (κ1) is 19.6. The number of ketones is 1. The molecule has 0 saturated carbocycles. The van der Waals surface area contributed by atoms with Crippen LogP contribution in [-0.4, -0.2) is 58.9 Å². The SMILES string of the molecule is Nc1ncccc1C(=O)c1cccc(N2CCN(C(=O)CC(F)(F)F)CC2)n1.[HH].[HH]. The smallest absolute Gasteiger partial charge is 0.383 e. The number of rotatable bonds is 4. The van der Waals surface area contributed by atoms with Crippen LogP contribution in [0.3, 0.4) is 0 Å². The Labute approximate surface area is 161 Å². The van der Waals surface area contributed by atoms with Crippen molar-refractivity contribution in [3.63, 3.8) is 0 Å². The van der Waals surface area contributed by atoms with Gasteiger partial charge in [0, 0.05) is 35.2 Å². The number of pyridine rings is 2. The number of carbonyl (C=O) groups is 2. The van der Waals surface area contributed by atoms with Gasteiger partial charge in [0.05, 0.1) is 5.56 Å². The molecule has 0 atom stereocenters. The van der Waals surface area contributed by atoms with Crippen LogP contribution < -0.4 is 10.6 Å². The second-order valence-corrected chi connectivity index (χ2v) is 6.31. The largest absolute Gasteiger partial charge is 0.397 e. The average Bonchev–Trinajstić information content (AvgIpc) is 2.67. The van der Waals surface area contributed by atoms with Crippen LogP contribution >= 0.6 is 0 Å². The summed E-state index contributed by atoms with van der Waals surface area (Å²) in [5.74, 6) is -0.685. The molecule has 1 saturated heterocycles. The molecule has 0 spiro atoms. The lowest BCUT2D eigenvalue weighted by molar-refractivity contribution is -0.161. The summed E-state index contributed by atoms with van der Waals surface area (Å²) < 4.78 is 37.1. The number of nitrogen functional groups attached to an aromatic ring is 1. The van der Waals surface area contributed by atoms with Crippen molar-refractivity contribution in [3.05, 3.63) is 47.8 Å². The summed E-state index contributed by atoms with van der Waals surface area (Å²) in [4.78, 5) is 35.6. The van der Waals surface area contributed by atoms with E-state index in [4.69, 9.17) is 5.73 Å². The molecule has 7 nitrogen and oxygen atoms in total. The van der Waals surface area contributed by atoms with E-state index in [1.165, 1.54) is 11.1 Å². The van der Waals surface area contributed by atoms with Crippen molar-refractivity contribution in [2.75, 3.05) is 36.8 Å². The van der Waals surface area contributed by atoms with Gasteiger partial charge in [0.25, 0.3) is 0 Å². The number of nitrogens with two attached hydrogens (primary N) is 1. The molecule has 2 N–H and O–H groups in total. The minimum atomic E-state index is -4.52. The van der Waals surface area contributed by atoms with Crippen molar-refractivity contribution in [3.8, 4) is 0 Å². The molecule has 152 valence electrons. The van der Waals surface area contributed by atoms with Gasteiger partial charge in [-0.1, -0.05) is 6.07 Å². The Balaban J connectivity index is 0.00000225. The molecule has 1 aliphatic rings. The molecule has 1 aliphatic heterocycles. The molecule has 3 heterocycles. The average molecular weight is 397 g/mol. The molecule has 1 amide bonds.